The van der Waals surface area contributed by atoms with Crippen LogP contribution in [-0.2, 0) is 0 Å². The minimum absolute atomic E-state index is 0.270. The van der Waals surface area contributed by atoms with E-state index in [2.05, 4.69) is 44.9 Å². The third-order valence-electron chi connectivity index (χ3n) is 3.92. The molecule has 3 nitrogen and oxygen atoms in total. The van der Waals surface area contributed by atoms with E-state index in [-0.39, 0.29) is 6.04 Å². The molecule has 0 aliphatic rings. The number of likely N-dealkylation sites (N-methyl/N-ethyl adjacent to an activating group) is 1. The zero-order valence-corrected chi connectivity index (χ0v) is 12.9. The highest BCUT2D eigenvalue weighted by Crippen LogP contribution is 2.26. The Hall–Kier alpha value is -1.06. The summed E-state index contributed by atoms with van der Waals surface area (Å²) in [6.45, 7) is 7.20. The molecule has 1 rings (SSSR count). The van der Waals surface area contributed by atoms with Gasteiger partial charge in [-0.25, -0.2) is 0 Å². The number of methoxy groups -OCH3 is 1. The van der Waals surface area contributed by atoms with E-state index in [9.17, 15) is 0 Å². The molecule has 2 unspecified atom stereocenters. The summed E-state index contributed by atoms with van der Waals surface area (Å²) in [6, 6.07) is 7.16. The average Bonchev–Trinajstić information content (AvgIpc) is 2.40. The fourth-order valence-electron chi connectivity index (χ4n) is 2.57. The summed E-state index contributed by atoms with van der Waals surface area (Å²) >= 11 is 0. The molecule has 0 aliphatic carbocycles. The van der Waals surface area contributed by atoms with Crippen molar-refractivity contribution in [2.24, 2.45) is 5.73 Å². The minimum atomic E-state index is 0.270. The van der Waals surface area contributed by atoms with Crippen molar-refractivity contribution in [1.82, 2.24) is 4.90 Å². The molecule has 0 aromatic heterocycles. The first-order chi connectivity index (χ1) is 9.04. The summed E-state index contributed by atoms with van der Waals surface area (Å²) in [4.78, 5) is 2.38. The van der Waals surface area contributed by atoms with Gasteiger partial charge in [-0.1, -0.05) is 25.5 Å². The van der Waals surface area contributed by atoms with E-state index in [4.69, 9.17) is 10.5 Å². The van der Waals surface area contributed by atoms with E-state index >= 15 is 0 Å². The number of nitrogens with two attached hydrogens (primary N) is 1. The minimum Gasteiger partial charge on any atom is -0.496 e. The maximum atomic E-state index is 5.99. The predicted molar refractivity (Wildman–Crippen MR) is 81.7 cm³/mol. The molecule has 0 saturated carbocycles. The number of rotatable bonds is 7. The molecule has 1 aromatic carbocycles. The van der Waals surface area contributed by atoms with Crippen LogP contribution in [0.3, 0.4) is 0 Å². The number of hydrogen-bond donors (Lipinski definition) is 1. The molecule has 19 heavy (non-hydrogen) atoms. The average molecular weight is 264 g/mol. The zero-order valence-electron chi connectivity index (χ0n) is 12.9. The predicted octanol–water partition coefficient (Wildman–Crippen LogP) is 3.12. The summed E-state index contributed by atoms with van der Waals surface area (Å²) in [5.74, 6) is 0.934. The summed E-state index contributed by atoms with van der Waals surface area (Å²) < 4.78 is 5.31. The Morgan fingerprint density at radius 3 is 2.53 bits per heavy atom. The van der Waals surface area contributed by atoms with Crippen molar-refractivity contribution >= 4 is 0 Å². The monoisotopic (exact) mass is 264 g/mol. The SMILES string of the molecule is CCCC(C)N(C)C(CN)c1ccc(OC)c(C)c1. The van der Waals surface area contributed by atoms with E-state index < -0.39 is 0 Å². The van der Waals surface area contributed by atoms with Crippen molar-refractivity contribution < 1.29 is 4.74 Å². The lowest BCUT2D eigenvalue weighted by Gasteiger charge is -2.33. The van der Waals surface area contributed by atoms with Crippen molar-refractivity contribution in [3.63, 3.8) is 0 Å². The van der Waals surface area contributed by atoms with Crippen molar-refractivity contribution in [3.05, 3.63) is 29.3 Å². The molecule has 1 aromatic rings. The van der Waals surface area contributed by atoms with Crippen molar-refractivity contribution in [2.45, 2.75) is 45.7 Å². The highest BCUT2D eigenvalue weighted by atomic mass is 16.5. The summed E-state index contributed by atoms with van der Waals surface area (Å²) in [6.07, 6.45) is 2.40. The van der Waals surface area contributed by atoms with E-state index in [0.717, 1.165) is 11.3 Å². The number of benzene rings is 1. The molecule has 0 bridgehead atoms. The Bertz CT molecular complexity index is 392. The summed E-state index contributed by atoms with van der Waals surface area (Å²) in [5.41, 5.74) is 8.42. The van der Waals surface area contributed by atoms with Crippen molar-refractivity contribution in [3.8, 4) is 5.75 Å². The summed E-state index contributed by atoms with van der Waals surface area (Å²) in [5, 5.41) is 0. The molecule has 0 amide bonds. The molecule has 0 aliphatic heterocycles. The second kappa shape index (κ2) is 7.51. The lowest BCUT2D eigenvalue weighted by molar-refractivity contribution is 0.179. The van der Waals surface area contributed by atoms with E-state index in [1.165, 1.54) is 18.4 Å². The molecule has 0 radical (unpaired) electrons. The van der Waals surface area contributed by atoms with Crippen LogP contribution in [-0.4, -0.2) is 31.6 Å². The molecule has 3 heteroatoms. The third kappa shape index (κ3) is 3.95. The molecule has 2 atom stereocenters. The Balaban J connectivity index is 2.93. The van der Waals surface area contributed by atoms with Crippen molar-refractivity contribution in [2.75, 3.05) is 20.7 Å². The second-order valence-electron chi connectivity index (χ2n) is 5.28. The molecule has 0 spiro atoms. The Kier molecular flexibility index (Phi) is 6.32. The Labute approximate surface area is 117 Å². The topological polar surface area (TPSA) is 38.5 Å². The van der Waals surface area contributed by atoms with Gasteiger partial charge in [0.2, 0.25) is 0 Å². The fourth-order valence-corrected chi connectivity index (χ4v) is 2.57. The Morgan fingerprint density at radius 2 is 2.05 bits per heavy atom. The first kappa shape index (κ1) is 16.0. The molecule has 0 fully saturated rings. The van der Waals surface area contributed by atoms with Crippen LogP contribution in [0, 0.1) is 6.92 Å². The van der Waals surface area contributed by atoms with Crippen LogP contribution < -0.4 is 10.5 Å². The maximum Gasteiger partial charge on any atom is 0.121 e. The van der Waals surface area contributed by atoms with Gasteiger partial charge >= 0.3 is 0 Å². The van der Waals surface area contributed by atoms with Gasteiger partial charge in [0.1, 0.15) is 5.75 Å². The van der Waals surface area contributed by atoms with Gasteiger partial charge in [-0.3, -0.25) is 4.90 Å². The molecular weight excluding hydrogens is 236 g/mol. The highest BCUT2D eigenvalue weighted by Gasteiger charge is 2.20. The van der Waals surface area contributed by atoms with E-state index in [1.54, 1.807) is 7.11 Å². The highest BCUT2D eigenvalue weighted by molar-refractivity contribution is 5.37. The largest absolute Gasteiger partial charge is 0.496 e. The molecule has 0 heterocycles. The van der Waals surface area contributed by atoms with Gasteiger partial charge < -0.3 is 10.5 Å². The lowest BCUT2D eigenvalue weighted by atomic mass is 10.0. The van der Waals surface area contributed by atoms with Crippen LogP contribution in [0.1, 0.15) is 43.9 Å². The van der Waals surface area contributed by atoms with Gasteiger partial charge in [0, 0.05) is 18.6 Å². The number of aryl methyl sites for hydroxylation is 1. The standard InChI is InChI=1S/C16H28N2O/c1-6-7-13(3)18(4)15(11-17)14-8-9-16(19-5)12(2)10-14/h8-10,13,15H,6-7,11,17H2,1-5H3. The smallest absolute Gasteiger partial charge is 0.121 e. The van der Waals surface area contributed by atoms with Crippen LogP contribution in [0.4, 0.5) is 0 Å². The first-order valence-corrected chi connectivity index (χ1v) is 7.11. The van der Waals surface area contributed by atoms with Crippen LogP contribution in [0.5, 0.6) is 5.75 Å². The zero-order chi connectivity index (χ0) is 14.4. The number of nitrogens with zero attached hydrogens (tertiary/aromatic N) is 1. The Morgan fingerprint density at radius 1 is 1.37 bits per heavy atom. The van der Waals surface area contributed by atoms with Crippen LogP contribution in [0.15, 0.2) is 18.2 Å². The van der Waals surface area contributed by atoms with Gasteiger partial charge in [-0.15, -0.1) is 0 Å². The maximum absolute atomic E-state index is 5.99. The molecular formula is C16H28N2O. The summed E-state index contributed by atoms with van der Waals surface area (Å²) in [7, 11) is 3.87. The molecule has 108 valence electrons. The number of ether oxygens (including phenoxy) is 1. The van der Waals surface area contributed by atoms with Gasteiger partial charge in [0.15, 0.2) is 0 Å². The first-order valence-electron chi connectivity index (χ1n) is 7.11. The molecule has 2 N–H and O–H groups in total. The van der Waals surface area contributed by atoms with Crippen LogP contribution in [0.2, 0.25) is 0 Å². The van der Waals surface area contributed by atoms with E-state index in [0.29, 0.717) is 12.6 Å². The van der Waals surface area contributed by atoms with Gasteiger partial charge in [-0.2, -0.15) is 0 Å². The quantitative estimate of drug-likeness (QED) is 0.822. The fraction of sp³-hybridized carbons (Fsp3) is 0.625. The molecule has 0 saturated heterocycles. The second-order valence-corrected chi connectivity index (χ2v) is 5.28. The van der Waals surface area contributed by atoms with Gasteiger partial charge in [0.05, 0.1) is 7.11 Å². The van der Waals surface area contributed by atoms with Crippen molar-refractivity contribution in [1.29, 1.82) is 0 Å². The normalized spacial score (nSPS) is 14.5. The van der Waals surface area contributed by atoms with Crippen LogP contribution >= 0.6 is 0 Å². The van der Waals surface area contributed by atoms with Gasteiger partial charge in [-0.05, 0) is 44.5 Å². The number of hydrogen-bond acceptors (Lipinski definition) is 3. The van der Waals surface area contributed by atoms with Gasteiger partial charge in [0.25, 0.3) is 0 Å². The van der Waals surface area contributed by atoms with E-state index in [1.807, 2.05) is 6.07 Å². The lowest BCUT2D eigenvalue weighted by Crippen LogP contribution is -2.37. The third-order valence-corrected chi connectivity index (χ3v) is 3.92. The van der Waals surface area contributed by atoms with Crippen LogP contribution in [0.25, 0.3) is 0 Å².